The third-order valence-electron chi connectivity index (χ3n) is 12.8. The third kappa shape index (κ3) is 26.7. The molecule has 2 rings (SSSR count). The van der Waals surface area contributed by atoms with Gasteiger partial charge in [-0.05, 0) is 51.4 Å². The average molecular weight is 954 g/mol. The van der Waals surface area contributed by atoms with Crippen LogP contribution in [0.3, 0.4) is 0 Å². The van der Waals surface area contributed by atoms with E-state index in [0.717, 1.165) is 70.6 Å². The summed E-state index contributed by atoms with van der Waals surface area (Å²) >= 11 is 0. The lowest BCUT2D eigenvalue weighted by atomic mass is 9.97. The zero-order chi connectivity index (χ0) is 48.9. The fraction of sp³-hybridized carbons (Fsp3) is 0.830. The van der Waals surface area contributed by atoms with Gasteiger partial charge in [0.15, 0.2) is 12.6 Å². The quantitative estimate of drug-likeness (QED) is 0.0218. The molecule has 67 heavy (non-hydrogen) atoms. The minimum absolute atomic E-state index is 0.251. The van der Waals surface area contributed by atoms with Crippen molar-refractivity contribution in [2.24, 2.45) is 0 Å². The molecule has 12 unspecified atom stereocenters. The third-order valence-corrected chi connectivity index (χ3v) is 12.8. The Morgan fingerprint density at radius 3 is 1.58 bits per heavy atom. The van der Waals surface area contributed by atoms with Gasteiger partial charge in [-0.1, -0.05) is 178 Å². The van der Waals surface area contributed by atoms with Crippen LogP contribution in [0.2, 0.25) is 0 Å². The summed E-state index contributed by atoms with van der Waals surface area (Å²) in [6.07, 6.45) is 30.0. The predicted octanol–water partition coefficient (Wildman–Crippen LogP) is 7.27. The van der Waals surface area contributed by atoms with E-state index in [9.17, 15) is 45.6 Å². The highest BCUT2D eigenvalue weighted by molar-refractivity contribution is 5.76. The molecule has 0 aromatic rings. The number of ether oxygens (including phenoxy) is 4. The molecule has 2 aliphatic rings. The minimum Gasteiger partial charge on any atom is -0.394 e. The van der Waals surface area contributed by atoms with E-state index in [4.69, 9.17) is 18.9 Å². The van der Waals surface area contributed by atoms with Crippen LogP contribution in [-0.2, 0) is 23.7 Å². The number of carbonyl (C=O) groups is 1. The number of amides is 1. The van der Waals surface area contributed by atoms with Gasteiger partial charge in [-0.3, -0.25) is 4.79 Å². The molecular weight excluding hydrogens is 859 g/mol. The first-order valence-electron chi connectivity index (χ1n) is 26.4. The van der Waals surface area contributed by atoms with E-state index < -0.39 is 86.8 Å². The SMILES string of the molecule is CC/C=C\C/C=C\C/C=C\CCCCCCCCCC(=O)NC(COC1OC(CO)C(OC2OC(CO)C(O)C(O)C2O)C(O)C1O)C(O)/C=C/CCCCCCCCCCCCCCCC. The Balaban J connectivity index is 1.84. The molecule has 0 aromatic heterocycles. The van der Waals surface area contributed by atoms with Gasteiger partial charge in [0, 0.05) is 6.42 Å². The lowest BCUT2D eigenvalue weighted by Gasteiger charge is -2.46. The number of hydrogen-bond acceptors (Lipinski definition) is 13. The molecule has 14 nitrogen and oxygen atoms in total. The summed E-state index contributed by atoms with van der Waals surface area (Å²) in [6.45, 7) is 2.66. The van der Waals surface area contributed by atoms with Crippen molar-refractivity contribution in [1.29, 1.82) is 0 Å². The van der Waals surface area contributed by atoms with Crippen LogP contribution in [0, 0.1) is 0 Å². The molecule has 9 N–H and O–H groups in total. The standard InChI is InChI=1S/C53H95NO13/c1-3-5-7-9-11-13-15-17-19-21-23-25-27-29-31-33-35-37-45(58)54-41(42(57)36-34-32-30-28-26-24-22-20-18-16-14-12-10-8-6-4-2)40-64-52-50(63)48(61)51(44(39-56)66-52)67-53-49(62)47(60)46(59)43(38-55)65-53/h5,7,11,13,17,19,34,36,41-44,46-53,55-57,59-63H,3-4,6,8-10,12,14-16,18,20-33,35,37-40H2,1-2H3,(H,54,58)/b7-5-,13-11-,19-17-,36-34+. The molecular formula is C53H95NO13. The van der Waals surface area contributed by atoms with E-state index >= 15 is 0 Å². The molecule has 12 atom stereocenters. The highest BCUT2D eigenvalue weighted by atomic mass is 16.7. The number of rotatable bonds is 40. The van der Waals surface area contributed by atoms with Gasteiger partial charge in [-0.25, -0.2) is 0 Å². The summed E-state index contributed by atoms with van der Waals surface area (Å²) in [4.78, 5) is 13.2. The van der Waals surface area contributed by atoms with Crippen LogP contribution in [0.25, 0.3) is 0 Å². The van der Waals surface area contributed by atoms with Crippen molar-refractivity contribution in [3.05, 3.63) is 48.6 Å². The van der Waals surface area contributed by atoms with Crippen molar-refractivity contribution in [2.75, 3.05) is 19.8 Å². The van der Waals surface area contributed by atoms with Gasteiger partial charge >= 0.3 is 0 Å². The fourth-order valence-corrected chi connectivity index (χ4v) is 8.48. The number of unbranched alkanes of at least 4 members (excludes halogenated alkanes) is 21. The lowest BCUT2D eigenvalue weighted by Crippen LogP contribution is -2.65. The summed E-state index contributed by atoms with van der Waals surface area (Å²) < 4.78 is 22.7. The van der Waals surface area contributed by atoms with Crippen LogP contribution >= 0.6 is 0 Å². The molecule has 1 amide bonds. The van der Waals surface area contributed by atoms with Gasteiger partial charge in [0.1, 0.15) is 48.8 Å². The van der Waals surface area contributed by atoms with Crippen LogP contribution in [0.15, 0.2) is 48.6 Å². The number of nitrogens with one attached hydrogen (secondary N) is 1. The predicted molar refractivity (Wildman–Crippen MR) is 263 cm³/mol. The largest absolute Gasteiger partial charge is 0.394 e. The molecule has 0 spiro atoms. The first-order valence-corrected chi connectivity index (χ1v) is 26.4. The zero-order valence-electron chi connectivity index (χ0n) is 41.4. The summed E-state index contributed by atoms with van der Waals surface area (Å²) in [5, 5.41) is 86.8. The average Bonchev–Trinajstić information content (AvgIpc) is 3.32. The van der Waals surface area contributed by atoms with Crippen LogP contribution in [0.4, 0.5) is 0 Å². The number of aliphatic hydroxyl groups is 8. The summed E-state index contributed by atoms with van der Waals surface area (Å²) in [7, 11) is 0. The van der Waals surface area contributed by atoms with Crippen LogP contribution in [-0.4, -0.2) is 140 Å². The van der Waals surface area contributed by atoms with Crippen molar-refractivity contribution in [2.45, 2.75) is 261 Å². The van der Waals surface area contributed by atoms with E-state index in [1.54, 1.807) is 6.08 Å². The molecule has 2 aliphatic heterocycles. The number of hydrogen-bond donors (Lipinski definition) is 9. The Morgan fingerprint density at radius 2 is 1.03 bits per heavy atom. The van der Waals surface area contributed by atoms with E-state index in [0.29, 0.717) is 6.42 Å². The number of allylic oxidation sites excluding steroid dienone is 7. The zero-order valence-corrected chi connectivity index (χ0v) is 41.4. The fourth-order valence-electron chi connectivity index (χ4n) is 8.48. The molecule has 2 fully saturated rings. The normalized spacial score (nSPS) is 27.0. The first-order chi connectivity index (χ1) is 32.6. The van der Waals surface area contributed by atoms with Crippen LogP contribution in [0.1, 0.15) is 187 Å². The monoisotopic (exact) mass is 954 g/mol. The Labute approximate surface area is 403 Å². The lowest BCUT2D eigenvalue weighted by molar-refractivity contribution is -0.359. The van der Waals surface area contributed by atoms with Crippen molar-refractivity contribution < 1.29 is 64.6 Å². The Hall–Kier alpha value is -2.05. The van der Waals surface area contributed by atoms with E-state index in [-0.39, 0.29) is 18.9 Å². The summed E-state index contributed by atoms with van der Waals surface area (Å²) in [5.74, 6) is -0.251. The first kappa shape index (κ1) is 61.1. The Kier molecular flexibility index (Phi) is 36.1. The van der Waals surface area contributed by atoms with Crippen molar-refractivity contribution in [1.82, 2.24) is 5.32 Å². The van der Waals surface area contributed by atoms with Gasteiger partial charge in [-0.2, -0.15) is 0 Å². The second-order valence-corrected chi connectivity index (χ2v) is 18.6. The van der Waals surface area contributed by atoms with Crippen molar-refractivity contribution >= 4 is 5.91 Å². The molecule has 0 radical (unpaired) electrons. The molecule has 14 heteroatoms. The summed E-state index contributed by atoms with van der Waals surface area (Å²) in [5.41, 5.74) is 0. The smallest absolute Gasteiger partial charge is 0.220 e. The maximum Gasteiger partial charge on any atom is 0.220 e. The van der Waals surface area contributed by atoms with Gasteiger partial charge in [0.25, 0.3) is 0 Å². The Bertz CT molecular complexity index is 1310. The minimum atomic E-state index is -1.79. The molecule has 0 aliphatic carbocycles. The van der Waals surface area contributed by atoms with Crippen molar-refractivity contribution in [3.8, 4) is 0 Å². The summed E-state index contributed by atoms with van der Waals surface area (Å²) in [6, 6.07) is -0.920. The molecule has 0 bridgehead atoms. The Morgan fingerprint density at radius 1 is 0.552 bits per heavy atom. The van der Waals surface area contributed by atoms with Gasteiger partial charge in [-0.15, -0.1) is 0 Å². The maximum absolute atomic E-state index is 13.2. The number of aliphatic hydroxyl groups excluding tert-OH is 8. The molecule has 2 saturated heterocycles. The van der Waals surface area contributed by atoms with E-state index in [1.165, 1.54) is 89.9 Å². The molecule has 0 aromatic carbocycles. The van der Waals surface area contributed by atoms with Gasteiger partial charge < -0.3 is 65.1 Å². The van der Waals surface area contributed by atoms with Gasteiger partial charge in [0.05, 0.1) is 32.0 Å². The highest BCUT2D eigenvalue weighted by Gasteiger charge is 2.51. The van der Waals surface area contributed by atoms with E-state index in [1.807, 2.05) is 6.08 Å². The van der Waals surface area contributed by atoms with E-state index in [2.05, 4.69) is 55.6 Å². The van der Waals surface area contributed by atoms with Crippen LogP contribution in [0.5, 0.6) is 0 Å². The van der Waals surface area contributed by atoms with Gasteiger partial charge in [0.2, 0.25) is 5.91 Å². The molecule has 2 heterocycles. The molecule has 390 valence electrons. The maximum atomic E-state index is 13.2. The van der Waals surface area contributed by atoms with Crippen LogP contribution < -0.4 is 5.32 Å². The molecule has 0 saturated carbocycles. The van der Waals surface area contributed by atoms with Crippen molar-refractivity contribution in [3.63, 3.8) is 0 Å². The highest BCUT2D eigenvalue weighted by Crippen LogP contribution is 2.30. The number of carbonyl (C=O) groups excluding carboxylic acids is 1. The topological polar surface area (TPSA) is 228 Å². The second-order valence-electron chi connectivity index (χ2n) is 18.6. The second kappa shape index (κ2) is 39.6.